The minimum absolute atomic E-state index is 0.176. The molecule has 0 aliphatic heterocycles. The molecular formula is C17H17F2N3O2S2. The summed E-state index contributed by atoms with van der Waals surface area (Å²) < 4.78 is 26.4. The van der Waals surface area contributed by atoms with Gasteiger partial charge in [0.2, 0.25) is 0 Å². The molecule has 2 aromatic carbocycles. The summed E-state index contributed by atoms with van der Waals surface area (Å²) >= 11 is 0. The van der Waals surface area contributed by atoms with Gasteiger partial charge >= 0.3 is 0 Å². The first-order chi connectivity index (χ1) is 12.5. The highest BCUT2D eigenvalue weighted by atomic mass is 33.1. The van der Waals surface area contributed by atoms with E-state index >= 15 is 0 Å². The molecule has 0 aliphatic carbocycles. The molecule has 0 saturated carbocycles. The Morgan fingerprint density at radius 1 is 1.15 bits per heavy atom. The SMILES string of the molecule is Nc1ccc(SSCCNC(=O)/C(Cc2cc(F)cc(F)c2)=N/O)cc1. The predicted molar refractivity (Wildman–Crippen MR) is 101 cm³/mol. The zero-order chi connectivity index (χ0) is 18.9. The molecule has 4 N–H and O–H groups in total. The fourth-order valence-corrected chi connectivity index (χ4v) is 3.90. The van der Waals surface area contributed by atoms with Crippen molar-refractivity contribution in [2.75, 3.05) is 18.0 Å². The van der Waals surface area contributed by atoms with Gasteiger partial charge in [-0.05, 0) is 42.0 Å². The predicted octanol–water partition coefficient (Wildman–Crippen LogP) is 3.48. The van der Waals surface area contributed by atoms with Gasteiger partial charge in [0.05, 0.1) is 0 Å². The van der Waals surface area contributed by atoms with Gasteiger partial charge in [-0.1, -0.05) is 26.7 Å². The molecule has 0 atom stereocenters. The zero-order valence-electron chi connectivity index (χ0n) is 13.6. The van der Waals surface area contributed by atoms with E-state index in [1.807, 2.05) is 24.3 Å². The maximum Gasteiger partial charge on any atom is 0.269 e. The maximum absolute atomic E-state index is 13.2. The number of nitrogen functional groups attached to an aromatic ring is 1. The summed E-state index contributed by atoms with van der Waals surface area (Å²) in [6.07, 6.45) is -0.176. The number of oxime groups is 1. The van der Waals surface area contributed by atoms with Crippen molar-refractivity contribution in [3.8, 4) is 0 Å². The highest BCUT2D eigenvalue weighted by Crippen LogP contribution is 2.30. The molecule has 0 saturated heterocycles. The molecule has 0 radical (unpaired) electrons. The Hall–Kier alpha value is -2.26. The van der Waals surface area contributed by atoms with E-state index in [1.165, 1.54) is 0 Å². The van der Waals surface area contributed by atoms with Crippen LogP contribution in [0.3, 0.4) is 0 Å². The number of benzene rings is 2. The second kappa shape index (κ2) is 10.0. The molecule has 0 unspecified atom stereocenters. The van der Waals surface area contributed by atoms with E-state index in [4.69, 9.17) is 10.9 Å². The minimum Gasteiger partial charge on any atom is -0.410 e. The maximum atomic E-state index is 13.2. The molecule has 1 amide bonds. The molecule has 5 nitrogen and oxygen atoms in total. The molecular weight excluding hydrogens is 380 g/mol. The fourth-order valence-electron chi connectivity index (χ4n) is 2.01. The largest absolute Gasteiger partial charge is 0.410 e. The molecule has 0 bridgehead atoms. The third-order valence-electron chi connectivity index (χ3n) is 3.18. The van der Waals surface area contributed by atoms with Crippen molar-refractivity contribution in [1.29, 1.82) is 0 Å². The number of rotatable bonds is 8. The van der Waals surface area contributed by atoms with Crippen LogP contribution in [-0.4, -0.2) is 29.1 Å². The number of hydrogen-bond acceptors (Lipinski definition) is 6. The average Bonchev–Trinajstić information content (AvgIpc) is 2.60. The van der Waals surface area contributed by atoms with E-state index in [-0.39, 0.29) is 17.7 Å². The lowest BCUT2D eigenvalue weighted by Gasteiger charge is -2.07. The fraction of sp³-hybridized carbons (Fsp3) is 0.176. The summed E-state index contributed by atoms with van der Waals surface area (Å²) in [5.41, 5.74) is 6.30. The van der Waals surface area contributed by atoms with E-state index in [0.717, 1.165) is 23.1 Å². The van der Waals surface area contributed by atoms with Gasteiger partial charge in [-0.3, -0.25) is 4.79 Å². The lowest BCUT2D eigenvalue weighted by Crippen LogP contribution is -2.33. The summed E-state index contributed by atoms with van der Waals surface area (Å²) in [7, 11) is 3.09. The minimum atomic E-state index is -0.756. The molecule has 0 heterocycles. The van der Waals surface area contributed by atoms with Crippen LogP contribution in [0.25, 0.3) is 0 Å². The number of nitrogens with two attached hydrogens (primary N) is 1. The van der Waals surface area contributed by atoms with Gasteiger partial charge < -0.3 is 16.3 Å². The van der Waals surface area contributed by atoms with Crippen molar-refractivity contribution in [2.45, 2.75) is 11.3 Å². The van der Waals surface area contributed by atoms with Crippen molar-refractivity contribution >= 4 is 38.9 Å². The van der Waals surface area contributed by atoms with Crippen LogP contribution in [0.15, 0.2) is 52.5 Å². The first-order valence-corrected chi connectivity index (χ1v) is 9.89. The monoisotopic (exact) mass is 397 g/mol. The summed E-state index contributed by atoms with van der Waals surface area (Å²) in [6, 6.07) is 10.3. The van der Waals surface area contributed by atoms with Crippen LogP contribution >= 0.6 is 21.6 Å². The number of hydrogen-bond donors (Lipinski definition) is 3. The Bertz CT molecular complexity index is 766. The van der Waals surface area contributed by atoms with Crippen LogP contribution in [-0.2, 0) is 11.2 Å². The molecule has 0 aromatic heterocycles. The summed E-state index contributed by atoms with van der Waals surface area (Å²) in [5.74, 6) is -1.48. The third-order valence-corrected chi connectivity index (χ3v) is 5.57. The van der Waals surface area contributed by atoms with Crippen LogP contribution in [0, 0.1) is 11.6 Å². The summed E-state index contributed by atoms with van der Waals surface area (Å²) in [6.45, 7) is 0.349. The van der Waals surface area contributed by atoms with Crippen LogP contribution in [0.4, 0.5) is 14.5 Å². The van der Waals surface area contributed by atoms with E-state index in [0.29, 0.717) is 18.0 Å². The van der Waals surface area contributed by atoms with E-state index in [2.05, 4.69) is 10.5 Å². The first kappa shape index (κ1) is 20.1. The van der Waals surface area contributed by atoms with Gasteiger partial charge in [0.15, 0.2) is 0 Å². The highest BCUT2D eigenvalue weighted by molar-refractivity contribution is 8.76. The normalized spacial score (nSPS) is 11.4. The van der Waals surface area contributed by atoms with Crippen LogP contribution in [0.1, 0.15) is 5.56 Å². The Labute approximate surface area is 157 Å². The molecule has 0 spiro atoms. The number of carbonyl (C=O) groups excluding carboxylic acids is 1. The van der Waals surface area contributed by atoms with Crippen molar-refractivity contribution in [3.63, 3.8) is 0 Å². The van der Waals surface area contributed by atoms with Gasteiger partial charge in [-0.15, -0.1) is 0 Å². The summed E-state index contributed by atoms with van der Waals surface area (Å²) in [4.78, 5) is 13.0. The molecule has 2 rings (SSSR count). The summed E-state index contributed by atoms with van der Waals surface area (Å²) in [5, 5.41) is 14.5. The van der Waals surface area contributed by atoms with Crippen molar-refractivity contribution < 1.29 is 18.8 Å². The number of nitrogens with zero attached hydrogens (tertiary/aromatic N) is 1. The number of anilines is 1. The van der Waals surface area contributed by atoms with E-state index in [1.54, 1.807) is 21.6 Å². The second-order valence-corrected chi connectivity index (χ2v) is 7.72. The van der Waals surface area contributed by atoms with Gasteiger partial charge in [0, 0.05) is 35.4 Å². The van der Waals surface area contributed by atoms with Crippen LogP contribution < -0.4 is 11.1 Å². The Balaban J connectivity index is 1.75. The number of carbonyl (C=O) groups is 1. The third kappa shape index (κ3) is 6.57. The Kier molecular flexibility index (Phi) is 7.73. The van der Waals surface area contributed by atoms with Crippen molar-refractivity contribution in [1.82, 2.24) is 5.32 Å². The Morgan fingerprint density at radius 2 is 1.81 bits per heavy atom. The molecule has 138 valence electrons. The highest BCUT2D eigenvalue weighted by Gasteiger charge is 2.14. The van der Waals surface area contributed by atoms with E-state index in [9.17, 15) is 13.6 Å². The average molecular weight is 397 g/mol. The van der Waals surface area contributed by atoms with Crippen molar-refractivity contribution in [2.24, 2.45) is 5.16 Å². The molecule has 0 aliphatic rings. The molecule has 9 heteroatoms. The molecule has 0 fully saturated rings. The number of halogens is 2. The standard InChI is InChI=1S/C17H17F2N3O2S2/c18-12-7-11(8-13(19)10-12)9-16(22-24)17(23)21-5-6-25-26-15-3-1-14(20)2-4-15/h1-4,7-8,10,24H,5-6,9,20H2,(H,21,23)/b22-16+. The van der Waals surface area contributed by atoms with Gasteiger partial charge in [-0.25, -0.2) is 8.78 Å². The van der Waals surface area contributed by atoms with Crippen molar-refractivity contribution in [3.05, 3.63) is 59.7 Å². The Morgan fingerprint density at radius 3 is 2.42 bits per heavy atom. The van der Waals surface area contributed by atoms with Gasteiger partial charge in [-0.2, -0.15) is 0 Å². The number of amides is 1. The molecule has 2 aromatic rings. The van der Waals surface area contributed by atoms with Crippen LogP contribution in [0.2, 0.25) is 0 Å². The van der Waals surface area contributed by atoms with Gasteiger partial charge in [0.1, 0.15) is 17.3 Å². The topological polar surface area (TPSA) is 87.7 Å². The van der Waals surface area contributed by atoms with E-state index < -0.39 is 17.5 Å². The van der Waals surface area contributed by atoms with Crippen LogP contribution in [0.5, 0.6) is 0 Å². The molecule has 26 heavy (non-hydrogen) atoms. The van der Waals surface area contributed by atoms with Gasteiger partial charge in [0.25, 0.3) is 5.91 Å². The zero-order valence-corrected chi connectivity index (χ0v) is 15.2. The lowest BCUT2D eigenvalue weighted by atomic mass is 10.1. The quantitative estimate of drug-likeness (QED) is 0.159. The number of nitrogens with one attached hydrogen (secondary N) is 1. The second-order valence-electron chi connectivity index (χ2n) is 5.23. The first-order valence-electron chi connectivity index (χ1n) is 7.57. The smallest absolute Gasteiger partial charge is 0.269 e. The lowest BCUT2D eigenvalue weighted by molar-refractivity contribution is -0.114.